The molecule has 0 aliphatic carbocycles. The highest BCUT2D eigenvalue weighted by molar-refractivity contribution is 9.10. The average molecular weight is 314 g/mol. The molecule has 0 unspecified atom stereocenters. The van der Waals surface area contributed by atoms with E-state index in [2.05, 4.69) is 47.1 Å². The third-order valence-corrected chi connectivity index (χ3v) is 3.37. The van der Waals surface area contributed by atoms with Crippen molar-refractivity contribution in [1.29, 1.82) is 0 Å². The zero-order valence-corrected chi connectivity index (χ0v) is 12.4. The fraction of sp³-hybridized carbons (Fsp3) is 0.0588. The SMILES string of the molecule is C/C(=C/C=C/c1ccccc1)c1cc(Br)ccc1N. The summed E-state index contributed by atoms with van der Waals surface area (Å²) in [6, 6.07) is 16.1. The molecule has 2 N–H and O–H groups in total. The molecule has 0 radical (unpaired) electrons. The van der Waals surface area contributed by atoms with E-state index in [4.69, 9.17) is 5.73 Å². The van der Waals surface area contributed by atoms with E-state index < -0.39 is 0 Å². The molecule has 0 aromatic heterocycles. The lowest BCUT2D eigenvalue weighted by Gasteiger charge is -2.05. The van der Waals surface area contributed by atoms with Crippen molar-refractivity contribution < 1.29 is 0 Å². The van der Waals surface area contributed by atoms with Gasteiger partial charge in [0, 0.05) is 15.7 Å². The first kappa shape index (κ1) is 13.6. The van der Waals surface area contributed by atoms with E-state index in [0.29, 0.717) is 0 Å². The van der Waals surface area contributed by atoms with Crippen molar-refractivity contribution in [3.63, 3.8) is 0 Å². The van der Waals surface area contributed by atoms with Gasteiger partial charge in [-0.15, -0.1) is 0 Å². The summed E-state index contributed by atoms with van der Waals surface area (Å²) in [4.78, 5) is 0. The lowest BCUT2D eigenvalue weighted by Crippen LogP contribution is -1.91. The van der Waals surface area contributed by atoms with E-state index in [1.54, 1.807) is 0 Å². The Morgan fingerprint density at radius 2 is 1.84 bits per heavy atom. The average Bonchev–Trinajstić information content (AvgIpc) is 2.42. The molecule has 0 fully saturated rings. The van der Waals surface area contributed by atoms with Gasteiger partial charge in [0.1, 0.15) is 0 Å². The van der Waals surface area contributed by atoms with Gasteiger partial charge >= 0.3 is 0 Å². The number of benzene rings is 2. The van der Waals surface area contributed by atoms with Crippen molar-refractivity contribution in [2.24, 2.45) is 0 Å². The molecule has 1 nitrogen and oxygen atoms in total. The Hall–Kier alpha value is -1.80. The predicted molar refractivity (Wildman–Crippen MR) is 87.7 cm³/mol. The van der Waals surface area contributed by atoms with E-state index in [1.807, 2.05) is 42.5 Å². The summed E-state index contributed by atoms with van der Waals surface area (Å²) in [6.07, 6.45) is 6.20. The van der Waals surface area contributed by atoms with Gasteiger partial charge < -0.3 is 5.73 Å². The summed E-state index contributed by atoms with van der Waals surface area (Å²) in [5, 5.41) is 0. The summed E-state index contributed by atoms with van der Waals surface area (Å²) < 4.78 is 1.04. The molecule has 2 aromatic rings. The maximum Gasteiger partial charge on any atom is 0.0391 e. The molecular weight excluding hydrogens is 298 g/mol. The first-order valence-electron chi connectivity index (χ1n) is 6.12. The number of hydrogen-bond donors (Lipinski definition) is 1. The lowest BCUT2D eigenvalue weighted by atomic mass is 10.0. The van der Waals surface area contributed by atoms with E-state index >= 15 is 0 Å². The fourth-order valence-electron chi connectivity index (χ4n) is 1.83. The number of anilines is 1. The van der Waals surface area contributed by atoms with Crippen LogP contribution < -0.4 is 5.73 Å². The highest BCUT2D eigenvalue weighted by Gasteiger charge is 2.01. The lowest BCUT2D eigenvalue weighted by molar-refractivity contribution is 1.53. The fourth-order valence-corrected chi connectivity index (χ4v) is 2.19. The molecule has 2 aromatic carbocycles. The summed E-state index contributed by atoms with van der Waals surface area (Å²) in [5.74, 6) is 0. The molecule has 2 rings (SSSR count). The Morgan fingerprint density at radius 3 is 2.58 bits per heavy atom. The highest BCUT2D eigenvalue weighted by Crippen LogP contribution is 2.25. The number of halogens is 1. The first-order valence-corrected chi connectivity index (χ1v) is 6.91. The van der Waals surface area contributed by atoms with Gasteiger partial charge in [0.25, 0.3) is 0 Å². The molecule has 96 valence electrons. The predicted octanol–water partition coefficient (Wildman–Crippen LogP) is 5.15. The second kappa shape index (κ2) is 6.39. The van der Waals surface area contributed by atoms with Crippen LogP contribution in [0.4, 0.5) is 5.69 Å². The van der Waals surface area contributed by atoms with E-state index in [9.17, 15) is 0 Å². The zero-order valence-electron chi connectivity index (χ0n) is 10.8. The van der Waals surface area contributed by atoms with Gasteiger partial charge in [-0.1, -0.05) is 64.5 Å². The summed E-state index contributed by atoms with van der Waals surface area (Å²) in [5.41, 5.74) is 10.2. The molecule has 0 atom stereocenters. The number of nitrogen functional groups attached to an aromatic ring is 1. The van der Waals surface area contributed by atoms with Crippen LogP contribution in [0.25, 0.3) is 11.6 Å². The second-order valence-corrected chi connectivity index (χ2v) is 5.27. The maximum absolute atomic E-state index is 5.99. The van der Waals surface area contributed by atoms with Gasteiger partial charge in [0.15, 0.2) is 0 Å². The largest absolute Gasteiger partial charge is 0.398 e. The van der Waals surface area contributed by atoms with Gasteiger partial charge in [0.2, 0.25) is 0 Å². The Bertz CT molecular complexity index is 612. The molecule has 0 heterocycles. The zero-order chi connectivity index (χ0) is 13.7. The van der Waals surface area contributed by atoms with E-state index in [0.717, 1.165) is 21.3 Å². The molecule has 0 aliphatic rings. The van der Waals surface area contributed by atoms with Crippen LogP contribution in [-0.2, 0) is 0 Å². The summed E-state index contributed by atoms with van der Waals surface area (Å²) in [6.45, 7) is 2.06. The molecule has 0 saturated carbocycles. The van der Waals surface area contributed by atoms with Crippen LogP contribution in [0.5, 0.6) is 0 Å². The standard InChI is InChI=1S/C17H16BrN/c1-13(16-12-15(18)10-11-17(16)19)6-5-9-14-7-3-2-4-8-14/h2-12H,19H2,1H3/b9-5+,13-6-. The summed E-state index contributed by atoms with van der Waals surface area (Å²) in [7, 11) is 0. The van der Waals surface area contributed by atoms with Crippen LogP contribution in [0.1, 0.15) is 18.1 Å². The van der Waals surface area contributed by atoms with Crippen LogP contribution in [0.2, 0.25) is 0 Å². The molecular formula is C17H16BrN. The van der Waals surface area contributed by atoms with Crippen LogP contribution in [0.3, 0.4) is 0 Å². The van der Waals surface area contributed by atoms with Gasteiger partial charge in [-0.25, -0.2) is 0 Å². The highest BCUT2D eigenvalue weighted by atomic mass is 79.9. The summed E-state index contributed by atoms with van der Waals surface area (Å²) >= 11 is 3.47. The minimum atomic E-state index is 0.796. The Kier molecular flexibility index (Phi) is 4.58. The third kappa shape index (κ3) is 3.83. The van der Waals surface area contributed by atoms with Crippen LogP contribution >= 0.6 is 15.9 Å². The maximum atomic E-state index is 5.99. The molecule has 0 aliphatic heterocycles. The molecule has 0 spiro atoms. The van der Waals surface area contributed by atoms with Crippen LogP contribution in [0.15, 0.2) is 65.2 Å². The van der Waals surface area contributed by atoms with Crippen molar-refractivity contribution in [1.82, 2.24) is 0 Å². The van der Waals surface area contributed by atoms with Crippen molar-refractivity contribution in [3.05, 3.63) is 76.3 Å². The number of hydrogen-bond acceptors (Lipinski definition) is 1. The Labute approximate surface area is 122 Å². The Balaban J connectivity index is 2.19. The smallest absolute Gasteiger partial charge is 0.0391 e. The minimum Gasteiger partial charge on any atom is -0.398 e. The van der Waals surface area contributed by atoms with Crippen molar-refractivity contribution in [2.45, 2.75) is 6.92 Å². The molecule has 0 amide bonds. The van der Waals surface area contributed by atoms with Crippen molar-refractivity contribution in [2.75, 3.05) is 5.73 Å². The number of allylic oxidation sites excluding steroid dienone is 3. The molecule has 0 saturated heterocycles. The van der Waals surface area contributed by atoms with Crippen LogP contribution in [0, 0.1) is 0 Å². The Morgan fingerprint density at radius 1 is 1.11 bits per heavy atom. The molecule has 19 heavy (non-hydrogen) atoms. The van der Waals surface area contributed by atoms with Gasteiger partial charge in [-0.3, -0.25) is 0 Å². The normalized spacial score (nSPS) is 12.0. The third-order valence-electron chi connectivity index (χ3n) is 2.87. The van der Waals surface area contributed by atoms with Gasteiger partial charge in [-0.2, -0.15) is 0 Å². The second-order valence-electron chi connectivity index (χ2n) is 4.35. The van der Waals surface area contributed by atoms with Gasteiger partial charge in [-0.05, 0) is 36.3 Å². The minimum absolute atomic E-state index is 0.796. The number of rotatable bonds is 3. The van der Waals surface area contributed by atoms with Gasteiger partial charge in [0.05, 0.1) is 0 Å². The molecule has 0 bridgehead atoms. The van der Waals surface area contributed by atoms with Crippen molar-refractivity contribution >= 4 is 33.3 Å². The van der Waals surface area contributed by atoms with E-state index in [1.165, 1.54) is 5.56 Å². The number of nitrogens with two attached hydrogens (primary N) is 1. The van der Waals surface area contributed by atoms with Crippen LogP contribution in [-0.4, -0.2) is 0 Å². The first-order chi connectivity index (χ1) is 9.16. The molecule has 2 heteroatoms. The quantitative estimate of drug-likeness (QED) is 0.615. The van der Waals surface area contributed by atoms with Crippen molar-refractivity contribution in [3.8, 4) is 0 Å². The topological polar surface area (TPSA) is 26.0 Å². The monoisotopic (exact) mass is 313 g/mol. The van der Waals surface area contributed by atoms with E-state index in [-0.39, 0.29) is 0 Å².